The average molecular weight is 314 g/mol. The Balaban J connectivity index is 1.98. The molecule has 23 heavy (non-hydrogen) atoms. The van der Waals surface area contributed by atoms with E-state index in [1.165, 1.54) is 5.39 Å². The van der Waals surface area contributed by atoms with E-state index in [-0.39, 0.29) is 0 Å². The van der Waals surface area contributed by atoms with Crippen molar-refractivity contribution in [1.29, 1.82) is 0 Å². The van der Waals surface area contributed by atoms with E-state index in [1.807, 2.05) is 31.3 Å². The van der Waals surface area contributed by atoms with Gasteiger partial charge in [-0.3, -0.25) is 4.98 Å². The second-order valence-electron chi connectivity index (χ2n) is 5.15. The number of aliphatic imine (C=N–C) groups is 1. The summed E-state index contributed by atoms with van der Waals surface area (Å²) in [5.74, 6) is 0.818. The number of rotatable bonds is 8. The SMILES string of the molecule is CCNC(=NCc1nccc2ccccc12)NCCCOCC. The first-order valence-electron chi connectivity index (χ1n) is 8.27. The van der Waals surface area contributed by atoms with Gasteiger partial charge >= 0.3 is 0 Å². The molecule has 2 aromatic rings. The molecule has 1 heterocycles. The monoisotopic (exact) mass is 314 g/mol. The molecule has 0 atom stereocenters. The van der Waals surface area contributed by atoms with E-state index >= 15 is 0 Å². The number of guanidine groups is 1. The second kappa shape index (κ2) is 9.79. The Bertz CT molecular complexity index is 622. The van der Waals surface area contributed by atoms with Gasteiger partial charge in [0.2, 0.25) is 0 Å². The highest BCUT2D eigenvalue weighted by Gasteiger charge is 2.02. The predicted octanol–water partition coefficient (Wildman–Crippen LogP) is 2.72. The smallest absolute Gasteiger partial charge is 0.191 e. The van der Waals surface area contributed by atoms with Gasteiger partial charge in [-0.25, -0.2) is 4.99 Å². The van der Waals surface area contributed by atoms with Crippen molar-refractivity contribution in [1.82, 2.24) is 15.6 Å². The highest BCUT2D eigenvalue weighted by Crippen LogP contribution is 2.16. The number of benzene rings is 1. The summed E-state index contributed by atoms with van der Waals surface area (Å²) in [5.41, 5.74) is 0.995. The summed E-state index contributed by atoms with van der Waals surface area (Å²) < 4.78 is 5.34. The molecule has 0 unspecified atom stereocenters. The van der Waals surface area contributed by atoms with E-state index in [1.54, 1.807) is 0 Å². The van der Waals surface area contributed by atoms with Crippen molar-refractivity contribution in [3.8, 4) is 0 Å². The largest absolute Gasteiger partial charge is 0.382 e. The zero-order chi connectivity index (χ0) is 16.3. The molecule has 0 aliphatic carbocycles. The van der Waals surface area contributed by atoms with Crippen LogP contribution in [0.3, 0.4) is 0 Å². The highest BCUT2D eigenvalue weighted by molar-refractivity contribution is 5.85. The lowest BCUT2D eigenvalue weighted by molar-refractivity contribution is 0.145. The van der Waals surface area contributed by atoms with Crippen LogP contribution in [0.15, 0.2) is 41.5 Å². The van der Waals surface area contributed by atoms with Crippen molar-refractivity contribution in [3.63, 3.8) is 0 Å². The van der Waals surface area contributed by atoms with Crippen LogP contribution < -0.4 is 10.6 Å². The van der Waals surface area contributed by atoms with Crippen LogP contribution in [0.2, 0.25) is 0 Å². The zero-order valence-electron chi connectivity index (χ0n) is 14.0. The molecule has 1 aromatic heterocycles. The number of aromatic nitrogens is 1. The van der Waals surface area contributed by atoms with Crippen molar-refractivity contribution in [2.75, 3.05) is 26.3 Å². The van der Waals surface area contributed by atoms with Gasteiger partial charge in [-0.05, 0) is 31.7 Å². The van der Waals surface area contributed by atoms with Gasteiger partial charge in [0.1, 0.15) is 0 Å². The standard InChI is InChI=1S/C18H26N4O/c1-3-19-18(21-11-7-13-23-4-2)22-14-17-16-9-6-5-8-15(16)10-12-20-17/h5-6,8-10,12H,3-4,7,11,13-14H2,1-2H3,(H2,19,21,22). The molecule has 0 aliphatic heterocycles. The second-order valence-corrected chi connectivity index (χ2v) is 5.15. The number of hydrogen-bond acceptors (Lipinski definition) is 3. The first-order chi connectivity index (χ1) is 11.3. The number of ether oxygens (including phenoxy) is 1. The highest BCUT2D eigenvalue weighted by atomic mass is 16.5. The Labute approximate surface area is 138 Å². The number of fused-ring (bicyclic) bond motifs is 1. The Morgan fingerprint density at radius 3 is 2.87 bits per heavy atom. The number of hydrogen-bond donors (Lipinski definition) is 2. The number of nitrogens with one attached hydrogen (secondary N) is 2. The molecule has 2 N–H and O–H groups in total. The maximum absolute atomic E-state index is 5.34. The van der Waals surface area contributed by atoms with E-state index in [9.17, 15) is 0 Å². The van der Waals surface area contributed by atoms with Crippen molar-refractivity contribution < 1.29 is 4.74 Å². The molecule has 0 fully saturated rings. The minimum Gasteiger partial charge on any atom is -0.382 e. The molecule has 2 rings (SSSR count). The van der Waals surface area contributed by atoms with Crippen LogP contribution in [0.4, 0.5) is 0 Å². The molecule has 0 spiro atoms. The van der Waals surface area contributed by atoms with Gasteiger partial charge in [0, 0.05) is 37.9 Å². The molecule has 1 aromatic carbocycles. The summed E-state index contributed by atoms with van der Waals surface area (Å²) in [6.07, 6.45) is 2.81. The maximum atomic E-state index is 5.34. The molecule has 0 saturated heterocycles. The summed E-state index contributed by atoms with van der Waals surface area (Å²) in [4.78, 5) is 9.12. The quantitative estimate of drug-likeness (QED) is 0.447. The summed E-state index contributed by atoms with van der Waals surface area (Å²) in [5, 5.41) is 8.95. The fourth-order valence-corrected chi connectivity index (χ4v) is 2.33. The van der Waals surface area contributed by atoms with E-state index in [0.29, 0.717) is 6.54 Å². The number of pyridine rings is 1. The maximum Gasteiger partial charge on any atom is 0.191 e. The van der Waals surface area contributed by atoms with Gasteiger partial charge in [0.25, 0.3) is 0 Å². The van der Waals surface area contributed by atoms with E-state index in [4.69, 9.17) is 4.74 Å². The Morgan fingerprint density at radius 1 is 1.17 bits per heavy atom. The third kappa shape index (κ3) is 5.53. The van der Waals surface area contributed by atoms with Crippen molar-refractivity contribution >= 4 is 16.7 Å². The van der Waals surface area contributed by atoms with E-state index < -0.39 is 0 Å². The van der Waals surface area contributed by atoms with Crippen LogP contribution in [-0.4, -0.2) is 37.2 Å². The van der Waals surface area contributed by atoms with Crippen LogP contribution in [0.5, 0.6) is 0 Å². The normalized spacial score (nSPS) is 11.7. The van der Waals surface area contributed by atoms with Gasteiger partial charge in [-0.2, -0.15) is 0 Å². The van der Waals surface area contributed by atoms with Crippen molar-refractivity contribution in [2.24, 2.45) is 4.99 Å². The van der Waals surface area contributed by atoms with Gasteiger partial charge in [-0.15, -0.1) is 0 Å². The van der Waals surface area contributed by atoms with Crippen molar-refractivity contribution in [3.05, 3.63) is 42.2 Å². The third-order valence-corrected chi connectivity index (χ3v) is 3.45. The molecule has 0 saturated carbocycles. The third-order valence-electron chi connectivity index (χ3n) is 3.45. The van der Waals surface area contributed by atoms with Gasteiger partial charge in [0.15, 0.2) is 5.96 Å². The Hall–Kier alpha value is -2.14. The predicted molar refractivity (Wildman–Crippen MR) is 95.7 cm³/mol. The number of nitrogens with zero attached hydrogens (tertiary/aromatic N) is 2. The summed E-state index contributed by atoms with van der Waals surface area (Å²) >= 11 is 0. The fraction of sp³-hybridized carbons (Fsp3) is 0.444. The van der Waals surface area contributed by atoms with Crippen LogP contribution in [0, 0.1) is 0 Å². The molecule has 0 bridgehead atoms. The molecule has 5 nitrogen and oxygen atoms in total. The fourth-order valence-electron chi connectivity index (χ4n) is 2.33. The topological polar surface area (TPSA) is 58.5 Å². The molecular formula is C18H26N4O. The molecule has 5 heteroatoms. The summed E-state index contributed by atoms with van der Waals surface area (Å²) in [6, 6.07) is 10.3. The van der Waals surface area contributed by atoms with Crippen molar-refractivity contribution in [2.45, 2.75) is 26.8 Å². The van der Waals surface area contributed by atoms with E-state index in [2.05, 4.69) is 39.7 Å². The first-order valence-corrected chi connectivity index (χ1v) is 8.27. The van der Waals surface area contributed by atoms with Gasteiger partial charge < -0.3 is 15.4 Å². The van der Waals surface area contributed by atoms with Gasteiger partial charge in [-0.1, -0.05) is 24.3 Å². The molecule has 0 aliphatic rings. The first kappa shape index (κ1) is 17.2. The lowest BCUT2D eigenvalue weighted by Crippen LogP contribution is -2.38. The average Bonchev–Trinajstić information content (AvgIpc) is 2.59. The molecule has 124 valence electrons. The summed E-state index contributed by atoms with van der Waals surface area (Å²) in [6.45, 7) is 7.84. The molecule has 0 amide bonds. The Kier molecular flexibility index (Phi) is 7.33. The van der Waals surface area contributed by atoms with E-state index in [0.717, 1.165) is 49.8 Å². The lowest BCUT2D eigenvalue weighted by Gasteiger charge is -2.11. The van der Waals surface area contributed by atoms with Crippen LogP contribution in [-0.2, 0) is 11.3 Å². The minimum atomic E-state index is 0.558. The Morgan fingerprint density at radius 2 is 2.04 bits per heavy atom. The minimum absolute atomic E-state index is 0.558. The van der Waals surface area contributed by atoms with Crippen LogP contribution >= 0.6 is 0 Å². The van der Waals surface area contributed by atoms with Crippen LogP contribution in [0.1, 0.15) is 26.0 Å². The van der Waals surface area contributed by atoms with Crippen LogP contribution in [0.25, 0.3) is 10.8 Å². The lowest BCUT2D eigenvalue weighted by atomic mass is 10.1. The summed E-state index contributed by atoms with van der Waals surface area (Å²) in [7, 11) is 0. The molecular weight excluding hydrogens is 288 g/mol. The zero-order valence-corrected chi connectivity index (χ0v) is 14.0. The van der Waals surface area contributed by atoms with Gasteiger partial charge in [0.05, 0.1) is 12.2 Å². The molecule has 0 radical (unpaired) electrons.